The van der Waals surface area contributed by atoms with Crippen LogP contribution in [0.15, 0.2) is 47.3 Å². The first-order chi connectivity index (χ1) is 18.1. The number of carbonyl (C=O) groups excluding carboxylic acids is 1. The van der Waals surface area contributed by atoms with E-state index in [1.807, 2.05) is 33.1 Å². The average Bonchev–Trinajstić information content (AvgIpc) is 2.82. The second-order valence-corrected chi connectivity index (χ2v) is 13.7. The quantitative estimate of drug-likeness (QED) is 0.254. The molecule has 10 heteroatoms. The Labute approximate surface area is 232 Å². The molecule has 1 aromatic heterocycles. The van der Waals surface area contributed by atoms with Gasteiger partial charge in [-0.05, 0) is 65.3 Å². The number of methoxy groups -OCH3 is 1. The fourth-order valence-corrected chi connectivity index (χ4v) is 4.67. The summed E-state index contributed by atoms with van der Waals surface area (Å²) < 4.78 is 17.8. The Balaban J connectivity index is 2.12. The first-order valence-corrected chi connectivity index (χ1v) is 14.2. The van der Waals surface area contributed by atoms with E-state index in [2.05, 4.69) is 25.8 Å². The van der Waals surface area contributed by atoms with Gasteiger partial charge >= 0.3 is 6.09 Å². The summed E-state index contributed by atoms with van der Waals surface area (Å²) in [6.45, 7) is 12.0. The Morgan fingerprint density at radius 1 is 1.10 bits per heavy atom. The van der Waals surface area contributed by atoms with Gasteiger partial charge in [0.25, 0.3) is 0 Å². The number of pyridine rings is 1. The average molecular weight is 559 g/mol. The monoisotopic (exact) mass is 558 g/mol. The predicted molar refractivity (Wildman–Crippen MR) is 157 cm³/mol. The number of carbonyl (C=O) groups is 1. The molecule has 1 heterocycles. The molecule has 4 N–H and O–H groups in total. The van der Waals surface area contributed by atoms with Crippen LogP contribution in [-0.2, 0) is 26.6 Å². The minimum Gasteiger partial charge on any atom is -0.506 e. The minimum atomic E-state index is -0.720. The molecule has 2 atom stereocenters. The van der Waals surface area contributed by atoms with Crippen molar-refractivity contribution in [1.82, 2.24) is 9.88 Å². The second kappa shape index (κ2) is 11.8. The number of aromatic hydroxyl groups is 1. The number of aromatic amines is 1. The lowest BCUT2D eigenvalue weighted by molar-refractivity contribution is 0.0157. The maximum Gasteiger partial charge on any atom is 0.410 e. The van der Waals surface area contributed by atoms with E-state index in [-0.39, 0.29) is 29.1 Å². The number of aromatic nitrogens is 1. The van der Waals surface area contributed by atoms with Crippen molar-refractivity contribution in [2.24, 2.45) is 0 Å². The van der Waals surface area contributed by atoms with E-state index in [1.165, 1.54) is 12.1 Å². The molecule has 0 saturated heterocycles. The number of rotatable bonds is 8. The van der Waals surface area contributed by atoms with Crippen molar-refractivity contribution in [3.63, 3.8) is 0 Å². The highest BCUT2D eigenvalue weighted by atomic mass is 32.2. The van der Waals surface area contributed by atoms with Gasteiger partial charge in [0.15, 0.2) is 10.9 Å². The van der Waals surface area contributed by atoms with Crippen molar-refractivity contribution in [3.8, 4) is 11.5 Å². The summed E-state index contributed by atoms with van der Waals surface area (Å²) in [5.41, 5.74) is 7.24. The fourth-order valence-electron chi connectivity index (χ4n) is 3.87. The number of phenols is 1. The van der Waals surface area contributed by atoms with Crippen molar-refractivity contribution < 1.29 is 23.6 Å². The zero-order chi connectivity index (χ0) is 29.1. The van der Waals surface area contributed by atoms with Crippen molar-refractivity contribution in [1.29, 1.82) is 0 Å². The molecule has 212 valence electrons. The van der Waals surface area contributed by atoms with Crippen LogP contribution in [0.25, 0.3) is 10.9 Å². The standard InChI is InChI=1S/C29H39N3O6S/c1-28(2,3)37-27(35)32(16-18-9-10-19(30)15-23(18)36-7)17-24(38-39(8)29(4,5)6)20-11-13-22(33)26-21(20)12-14-25(34)31-26/h9-15,24H,16-17,30H2,1-8H3,(H-,31,33,34)/p+1/t24-,39?/m0/s1. The molecule has 0 aliphatic heterocycles. The Kier molecular flexibility index (Phi) is 9.12. The lowest BCUT2D eigenvalue weighted by atomic mass is 10.0. The molecular formula is C29H40N3O6S+. The molecule has 9 nitrogen and oxygen atoms in total. The number of phenolic OH excluding ortho intramolecular Hbond substituents is 1. The lowest BCUT2D eigenvalue weighted by Gasteiger charge is -2.31. The number of benzene rings is 2. The molecular weight excluding hydrogens is 518 g/mol. The highest BCUT2D eigenvalue weighted by Crippen LogP contribution is 2.35. The summed E-state index contributed by atoms with van der Waals surface area (Å²) in [6, 6.07) is 11.6. The number of ether oxygens (including phenoxy) is 2. The molecule has 0 aliphatic rings. The molecule has 0 radical (unpaired) electrons. The fraction of sp³-hybridized carbons (Fsp3) is 0.448. The third kappa shape index (κ3) is 7.83. The molecule has 1 unspecified atom stereocenters. The maximum absolute atomic E-state index is 13.5. The van der Waals surface area contributed by atoms with Crippen molar-refractivity contribution >= 4 is 33.9 Å². The predicted octanol–water partition coefficient (Wildman–Crippen LogP) is 5.28. The zero-order valence-electron chi connectivity index (χ0n) is 24.0. The largest absolute Gasteiger partial charge is 0.506 e. The Bertz CT molecular complexity index is 1380. The molecule has 1 amide bonds. The summed E-state index contributed by atoms with van der Waals surface area (Å²) >= 11 is -0.529. The highest BCUT2D eigenvalue weighted by Gasteiger charge is 2.38. The number of nitrogen functional groups attached to an aromatic ring is 1. The van der Waals surface area contributed by atoms with Gasteiger partial charge in [-0.2, -0.15) is 4.18 Å². The van der Waals surface area contributed by atoms with Crippen LogP contribution in [-0.4, -0.2) is 51.3 Å². The molecule has 0 spiro atoms. The van der Waals surface area contributed by atoms with E-state index in [9.17, 15) is 14.7 Å². The van der Waals surface area contributed by atoms with E-state index in [4.69, 9.17) is 19.4 Å². The number of nitrogens with two attached hydrogens (primary N) is 1. The van der Waals surface area contributed by atoms with E-state index >= 15 is 0 Å². The summed E-state index contributed by atoms with van der Waals surface area (Å²) in [6.07, 6.45) is 0.884. The van der Waals surface area contributed by atoms with Crippen LogP contribution in [0, 0.1) is 0 Å². The second-order valence-electron chi connectivity index (χ2n) is 11.4. The Hall–Kier alpha value is -3.37. The van der Waals surface area contributed by atoms with Crippen LogP contribution >= 0.6 is 0 Å². The number of hydrogen-bond acceptors (Lipinski definition) is 7. The number of nitrogens with one attached hydrogen (secondary N) is 1. The van der Waals surface area contributed by atoms with Gasteiger partial charge in [0, 0.05) is 28.8 Å². The van der Waals surface area contributed by atoms with Gasteiger partial charge in [-0.15, -0.1) is 0 Å². The van der Waals surface area contributed by atoms with E-state index in [0.29, 0.717) is 22.3 Å². The number of amides is 1. The van der Waals surface area contributed by atoms with Crippen molar-refractivity contribution in [2.75, 3.05) is 25.6 Å². The van der Waals surface area contributed by atoms with E-state index in [0.717, 1.165) is 11.1 Å². The van der Waals surface area contributed by atoms with Crippen LogP contribution in [0.1, 0.15) is 58.8 Å². The van der Waals surface area contributed by atoms with Crippen LogP contribution in [0.3, 0.4) is 0 Å². The Morgan fingerprint density at radius 3 is 2.41 bits per heavy atom. The normalized spacial score (nSPS) is 13.6. The molecule has 0 saturated carbocycles. The number of hydrogen-bond donors (Lipinski definition) is 3. The summed E-state index contributed by atoms with van der Waals surface area (Å²) in [4.78, 5) is 29.9. The minimum absolute atomic E-state index is 0.0490. The van der Waals surface area contributed by atoms with Crippen LogP contribution in [0.5, 0.6) is 11.5 Å². The lowest BCUT2D eigenvalue weighted by Crippen LogP contribution is -2.40. The number of anilines is 1. The summed E-state index contributed by atoms with van der Waals surface area (Å²) in [7, 11) is 1.55. The van der Waals surface area contributed by atoms with Crippen LogP contribution in [0.2, 0.25) is 0 Å². The molecule has 39 heavy (non-hydrogen) atoms. The maximum atomic E-state index is 13.5. The van der Waals surface area contributed by atoms with Gasteiger partial charge in [-0.3, -0.25) is 4.79 Å². The van der Waals surface area contributed by atoms with Gasteiger partial charge in [0.1, 0.15) is 34.5 Å². The third-order valence-electron chi connectivity index (χ3n) is 6.09. The third-order valence-corrected chi connectivity index (χ3v) is 8.33. The number of nitrogens with zero attached hydrogens (tertiary/aromatic N) is 1. The van der Waals surface area contributed by atoms with E-state index < -0.39 is 29.0 Å². The van der Waals surface area contributed by atoms with Gasteiger partial charge < -0.3 is 30.2 Å². The number of H-pyrrole nitrogens is 1. The molecule has 2 aromatic carbocycles. The first kappa shape index (κ1) is 30.2. The number of fused-ring (bicyclic) bond motifs is 1. The van der Waals surface area contributed by atoms with Gasteiger partial charge in [0.2, 0.25) is 5.56 Å². The topological polar surface area (TPSA) is 127 Å². The van der Waals surface area contributed by atoms with Crippen LogP contribution in [0.4, 0.5) is 10.5 Å². The smallest absolute Gasteiger partial charge is 0.410 e. The SMILES string of the molecule is COc1cc(N)ccc1CN(C[C@H](O[S+](C)C(C)(C)C)c1ccc(O)c2[nH]c(=O)ccc12)C(=O)OC(C)(C)C. The Morgan fingerprint density at radius 2 is 1.79 bits per heavy atom. The van der Waals surface area contributed by atoms with Crippen LogP contribution < -0.4 is 16.0 Å². The molecule has 3 rings (SSSR count). The van der Waals surface area contributed by atoms with Gasteiger partial charge in [-0.25, -0.2) is 4.79 Å². The molecule has 3 aromatic rings. The highest BCUT2D eigenvalue weighted by molar-refractivity contribution is 7.93. The first-order valence-electron chi connectivity index (χ1n) is 12.7. The van der Waals surface area contributed by atoms with Crippen molar-refractivity contribution in [3.05, 3.63) is 63.9 Å². The van der Waals surface area contributed by atoms with Gasteiger partial charge in [0.05, 0.1) is 25.7 Å². The summed E-state index contributed by atoms with van der Waals surface area (Å²) in [5.74, 6) is 0.505. The van der Waals surface area contributed by atoms with Crippen molar-refractivity contribution in [2.45, 2.75) is 64.5 Å². The molecule has 0 bridgehead atoms. The zero-order valence-corrected chi connectivity index (χ0v) is 24.8. The van der Waals surface area contributed by atoms with E-state index in [1.54, 1.807) is 36.3 Å². The molecule has 0 fully saturated rings. The summed E-state index contributed by atoms with van der Waals surface area (Å²) in [5, 5.41) is 11.1. The molecule has 0 aliphatic carbocycles. The van der Waals surface area contributed by atoms with Gasteiger partial charge in [-0.1, -0.05) is 12.1 Å².